The zero-order valence-corrected chi connectivity index (χ0v) is 21.1. The first-order valence-electron chi connectivity index (χ1n) is 11.2. The third kappa shape index (κ3) is 5.49. The number of rotatable bonds is 8. The molecule has 1 atom stereocenters. The summed E-state index contributed by atoms with van der Waals surface area (Å²) in [6.07, 6.45) is 2.13. The minimum Gasteiger partial charge on any atom is -0.482 e. The Balaban J connectivity index is 1.68. The third-order valence-electron chi connectivity index (χ3n) is 5.70. The average Bonchev–Trinajstić information content (AvgIpc) is 2.87. The van der Waals surface area contributed by atoms with E-state index in [-0.39, 0.29) is 35.3 Å². The van der Waals surface area contributed by atoms with Crippen molar-refractivity contribution in [1.82, 2.24) is 9.66 Å². The number of nitro benzene ring substituents is 1. The van der Waals surface area contributed by atoms with Gasteiger partial charge in [0.15, 0.2) is 5.75 Å². The summed E-state index contributed by atoms with van der Waals surface area (Å²) in [5.41, 5.74) is 1.07. The predicted octanol–water partition coefficient (Wildman–Crippen LogP) is 6.18. The van der Waals surface area contributed by atoms with Crippen molar-refractivity contribution >= 4 is 38.7 Å². The van der Waals surface area contributed by atoms with E-state index in [4.69, 9.17) is 4.74 Å². The number of benzene rings is 3. The molecule has 4 aromatic rings. The van der Waals surface area contributed by atoms with Crippen LogP contribution in [0.1, 0.15) is 43.1 Å². The molecule has 0 fully saturated rings. The molecular weight excluding hydrogens is 531 g/mol. The van der Waals surface area contributed by atoms with E-state index in [2.05, 4.69) is 26.0 Å². The van der Waals surface area contributed by atoms with Crippen LogP contribution in [0.4, 0.5) is 10.1 Å². The largest absolute Gasteiger partial charge is 0.482 e. The fourth-order valence-corrected chi connectivity index (χ4v) is 3.89. The first kappa shape index (κ1) is 25.2. The number of halogens is 2. The van der Waals surface area contributed by atoms with Gasteiger partial charge in [-0.15, -0.1) is 0 Å². The molecule has 0 aliphatic rings. The Labute approximate surface area is 214 Å². The van der Waals surface area contributed by atoms with Crippen LogP contribution in [0.3, 0.4) is 0 Å². The molecular formula is C26H22BrFN4O4. The highest BCUT2D eigenvalue weighted by Gasteiger charge is 2.18. The first-order valence-corrected chi connectivity index (χ1v) is 12.0. The van der Waals surface area contributed by atoms with E-state index in [1.54, 1.807) is 30.3 Å². The summed E-state index contributed by atoms with van der Waals surface area (Å²) < 4.78 is 20.7. The number of hydrogen-bond donors (Lipinski definition) is 0. The van der Waals surface area contributed by atoms with Gasteiger partial charge < -0.3 is 4.74 Å². The van der Waals surface area contributed by atoms with E-state index in [0.717, 1.165) is 10.9 Å². The van der Waals surface area contributed by atoms with Crippen molar-refractivity contribution in [3.63, 3.8) is 0 Å². The van der Waals surface area contributed by atoms with Crippen LogP contribution in [0.2, 0.25) is 0 Å². The average molecular weight is 553 g/mol. The minimum absolute atomic E-state index is 0.0422. The zero-order valence-electron chi connectivity index (χ0n) is 19.5. The van der Waals surface area contributed by atoms with Crippen LogP contribution in [0.25, 0.3) is 10.9 Å². The summed E-state index contributed by atoms with van der Waals surface area (Å²) in [5.74, 6) is 0.149. The van der Waals surface area contributed by atoms with Crippen LogP contribution in [0.5, 0.6) is 5.75 Å². The van der Waals surface area contributed by atoms with Crippen LogP contribution in [0.15, 0.2) is 75.0 Å². The van der Waals surface area contributed by atoms with Gasteiger partial charge in [-0.2, -0.15) is 9.78 Å². The molecule has 0 unspecified atom stereocenters. The lowest BCUT2D eigenvalue weighted by Gasteiger charge is -2.14. The fraction of sp³-hybridized carbons (Fsp3) is 0.192. The van der Waals surface area contributed by atoms with Gasteiger partial charge in [0.25, 0.3) is 5.56 Å². The lowest BCUT2D eigenvalue weighted by Crippen LogP contribution is -2.23. The highest BCUT2D eigenvalue weighted by molar-refractivity contribution is 9.10. The number of aromatic nitrogens is 2. The molecule has 0 aliphatic heterocycles. The van der Waals surface area contributed by atoms with Crippen LogP contribution in [-0.4, -0.2) is 20.8 Å². The maximum absolute atomic E-state index is 13.3. The Bertz CT molecular complexity index is 1520. The van der Waals surface area contributed by atoms with Crippen molar-refractivity contribution < 1.29 is 14.1 Å². The molecule has 1 aromatic heterocycles. The lowest BCUT2D eigenvalue weighted by atomic mass is 10.1. The molecule has 4 rings (SSSR count). The number of ether oxygens (including phenoxy) is 1. The number of fused-ring (bicyclic) bond motifs is 1. The Morgan fingerprint density at radius 1 is 1.19 bits per heavy atom. The molecule has 8 nitrogen and oxygen atoms in total. The van der Waals surface area contributed by atoms with Crippen molar-refractivity contribution in [2.75, 3.05) is 0 Å². The second-order valence-electron chi connectivity index (χ2n) is 8.20. The third-order valence-corrected chi connectivity index (χ3v) is 6.19. The van der Waals surface area contributed by atoms with Gasteiger partial charge in [0.2, 0.25) is 0 Å². The van der Waals surface area contributed by atoms with E-state index in [1.807, 2.05) is 19.9 Å². The molecule has 36 heavy (non-hydrogen) atoms. The van der Waals surface area contributed by atoms with Crippen LogP contribution in [0, 0.1) is 15.9 Å². The molecule has 0 saturated heterocycles. The number of nitrogens with zero attached hydrogens (tertiary/aromatic N) is 4. The van der Waals surface area contributed by atoms with Gasteiger partial charge in [0.1, 0.15) is 18.2 Å². The second kappa shape index (κ2) is 10.8. The highest BCUT2D eigenvalue weighted by Crippen LogP contribution is 2.28. The molecule has 0 radical (unpaired) electrons. The summed E-state index contributed by atoms with van der Waals surface area (Å²) in [4.78, 5) is 29.0. The second-order valence-corrected chi connectivity index (χ2v) is 9.12. The van der Waals surface area contributed by atoms with Crippen LogP contribution < -0.4 is 10.3 Å². The van der Waals surface area contributed by atoms with E-state index < -0.39 is 4.92 Å². The molecule has 3 aromatic carbocycles. The fourth-order valence-electron chi connectivity index (χ4n) is 3.52. The molecule has 184 valence electrons. The van der Waals surface area contributed by atoms with Gasteiger partial charge in [-0.1, -0.05) is 41.9 Å². The molecule has 10 heteroatoms. The van der Waals surface area contributed by atoms with Crippen LogP contribution in [-0.2, 0) is 6.61 Å². The van der Waals surface area contributed by atoms with Crippen molar-refractivity contribution in [2.45, 2.75) is 32.8 Å². The molecule has 0 bridgehead atoms. The van der Waals surface area contributed by atoms with Gasteiger partial charge >= 0.3 is 5.69 Å². The lowest BCUT2D eigenvalue weighted by molar-refractivity contribution is -0.385. The van der Waals surface area contributed by atoms with Gasteiger partial charge in [-0.3, -0.25) is 14.9 Å². The highest BCUT2D eigenvalue weighted by atomic mass is 79.9. The smallest absolute Gasteiger partial charge is 0.311 e. The molecule has 0 amide bonds. The minimum atomic E-state index is -0.552. The van der Waals surface area contributed by atoms with Crippen LogP contribution >= 0.6 is 15.9 Å². The standard InChI is InChI=1S/C26H22BrFN4O4/c1-3-16(2)25-30-22-10-7-19(27)13-21(22)26(33)31(25)29-14-18-6-11-24(23(12-18)32(34)35)36-15-17-4-8-20(28)9-5-17/h4-14,16H,3,15H2,1-2H3/t16-/m0/s1. The molecule has 0 aliphatic carbocycles. The van der Waals surface area contributed by atoms with Crippen molar-refractivity contribution in [3.8, 4) is 5.75 Å². The van der Waals surface area contributed by atoms with E-state index >= 15 is 0 Å². The summed E-state index contributed by atoms with van der Waals surface area (Å²) in [6, 6.07) is 15.4. The Morgan fingerprint density at radius 3 is 2.64 bits per heavy atom. The monoisotopic (exact) mass is 552 g/mol. The summed E-state index contributed by atoms with van der Waals surface area (Å²) in [5, 5.41) is 16.4. The van der Waals surface area contributed by atoms with Gasteiger partial charge in [-0.05, 0) is 54.4 Å². The predicted molar refractivity (Wildman–Crippen MR) is 139 cm³/mol. The summed E-state index contributed by atoms with van der Waals surface area (Å²) in [6.45, 7) is 3.99. The van der Waals surface area contributed by atoms with Crippen molar-refractivity contribution in [1.29, 1.82) is 0 Å². The zero-order chi connectivity index (χ0) is 25.8. The summed E-state index contributed by atoms with van der Waals surface area (Å²) in [7, 11) is 0. The maximum Gasteiger partial charge on any atom is 0.311 e. The Kier molecular flexibility index (Phi) is 7.54. The first-order chi connectivity index (χ1) is 17.3. The molecule has 0 saturated carbocycles. The van der Waals surface area contributed by atoms with Crippen molar-refractivity contribution in [2.24, 2.45) is 5.10 Å². The maximum atomic E-state index is 13.3. The van der Waals surface area contributed by atoms with Crippen molar-refractivity contribution in [3.05, 3.63) is 108 Å². The van der Waals surface area contributed by atoms with E-state index in [9.17, 15) is 19.3 Å². The van der Waals surface area contributed by atoms with E-state index in [1.165, 1.54) is 35.2 Å². The van der Waals surface area contributed by atoms with Gasteiger partial charge in [-0.25, -0.2) is 9.37 Å². The molecule has 0 spiro atoms. The Morgan fingerprint density at radius 2 is 1.94 bits per heavy atom. The van der Waals surface area contributed by atoms with Gasteiger partial charge in [0, 0.05) is 22.0 Å². The van der Waals surface area contributed by atoms with E-state index in [0.29, 0.717) is 27.9 Å². The molecule has 1 heterocycles. The molecule has 0 N–H and O–H groups in total. The topological polar surface area (TPSA) is 99.6 Å². The normalized spacial score (nSPS) is 12.2. The SMILES string of the molecule is CC[C@H](C)c1nc2ccc(Br)cc2c(=O)n1N=Cc1ccc(OCc2ccc(F)cc2)c([N+](=O)[O-])c1. The summed E-state index contributed by atoms with van der Waals surface area (Å²) >= 11 is 3.38. The number of hydrogen-bond acceptors (Lipinski definition) is 6. The van der Waals surface area contributed by atoms with Gasteiger partial charge in [0.05, 0.1) is 22.0 Å². The quantitative estimate of drug-likeness (QED) is 0.147. The number of nitro groups is 1. The Hall–Kier alpha value is -3.92.